The van der Waals surface area contributed by atoms with Crippen LogP contribution in [0.4, 0.5) is 0 Å². The molecule has 0 amide bonds. The van der Waals surface area contributed by atoms with Gasteiger partial charge in [-0.3, -0.25) is 0 Å². The van der Waals surface area contributed by atoms with Gasteiger partial charge in [0.05, 0.1) is 6.61 Å². The van der Waals surface area contributed by atoms with Crippen LogP contribution in [0.1, 0.15) is 18.4 Å². The van der Waals surface area contributed by atoms with E-state index < -0.39 is 0 Å². The Morgan fingerprint density at radius 1 is 0.923 bits per heavy atom. The number of carbonyl (C=O) groups is 1. The molecule has 0 N–H and O–H groups in total. The van der Waals surface area contributed by atoms with Gasteiger partial charge in [-0.25, -0.2) is 4.79 Å². The van der Waals surface area contributed by atoms with Gasteiger partial charge in [0.15, 0.2) is 0 Å². The number of thiophene rings is 1. The minimum atomic E-state index is -0.348. The van der Waals surface area contributed by atoms with Gasteiger partial charge >= 0.3 is 5.97 Å². The largest absolute Gasteiger partial charge is 0.463 e. The minimum absolute atomic E-state index is 0.348. The number of benzene rings is 2. The van der Waals surface area contributed by atoms with Crippen LogP contribution in [0.5, 0.6) is 0 Å². The summed E-state index contributed by atoms with van der Waals surface area (Å²) in [5, 5.41) is 2.10. The summed E-state index contributed by atoms with van der Waals surface area (Å²) in [6.45, 7) is 3.84. The fourth-order valence-electron chi connectivity index (χ4n) is 2.80. The summed E-state index contributed by atoms with van der Waals surface area (Å²) < 4.78 is 4.99. The first-order valence-electron chi connectivity index (χ1n) is 8.79. The van der Waals surface area contributed by atoms with Gasteiger partial charge in [0.2, 0.25) is 0 Å². The fraction of sp³-hybridized carbons (Fsp3) is 0.174. The zero-order chi connectivity index (χ0) is 18.2. The third-order valence-corrected chi connectivity index (χ3v) is 5.17. The molecule has 0 aliphatic carbocycles. The van der Waals surface area contributed by atoms with Crippen molar-refractivity contribution < 1.29 is 9.53 Å². The molecule has 0 atom stereocenters. The quantitative estimate of drug-likeness (QED) is 0.273. The van der Waals surface area contributed by atoms with Crippen molar-refractivity contribution in [3.8, 4) is 21.6 Å². The van der Waals surface area contributed by atoms with Crippen molar-refractivity contribution in [2.45, 2.75) is 19.3 Å². The number of ether oxygens (including phenoxy) is 1. The lowest BCUT2D eigenvalue weighted by Gasteiger charge is -2.06. The highest BCUT2D eigenvalue weighted by Gasteiger charge is 2.02. The van der Waals surface area contributed by atoms with E-state index >= 15 is 0 Å². The Morgan fingerprint density at radius 3 is 2.19 bits per heavy atom. The number of hydrogen-bond acceptors (Lipinski definition) is 3. The zero-order valence-electron chi connectivity index (χ0n) is 14.7. The summed E-state index contributed by atoms with van der Waals surface area (Å²) >= 11 is 1.76. The van der Waals surface area contributed by atoms with Gasteiger partial charge in [-0.1, -0.05) is 61.2 Å². The predicted molar refractivity (Wildman–Crippen MR) is 109 cm³/mol. The molecule has 0 fully saturated rings. The highest BCUT2D eigenvalue weighted by atomic mass is 32.1. The number of rotatable bonds is 8. The zero-order valence-corrected chi connectivity index (χ0v) is 15.5. The molecule has 0 aliphatic rings. The monoisotopic (exact) mass is 362 g/mol. The maximum absolute atomic E-state index is 11.0. The first-order valence-corrected chi connectivity index (χ1v) is 9.66. The van der Waals surface area contributed by atoms with E-state index in [0.29, 0.717) is 6.61 Å². The van der Waals surface area contributed by atoms with Crippen LogP contribution in [0.25, 0.3) is 21.6 Å². The molecule has 0 spiro atoms. The van der Waals surface area contributed by atoms with Gasteiger partial charge in [-0.05, 0) is 53.0 Å². The van der Waals surface area contributed by atoms with Crippen LogP contribution in [0, 0.1) is 0 Å². The van der Waals surface area contributed by atoms with E-state index in [1.807, 2.05) is 0 Å². The molecule has 26 heavy (non-hydrogen) atoms. The molecule has 1 aromatic heterocycles. The van der Waals surface area contributed by atoms with E-state index in [1.165, 1.54) is 33.2 Å². The van der Waals surface area contributed by atoms with Crippen LogP contribution in [0.15, 0.2) is 78.7 Å². The summed E-state index contributed by atoms with van der Waals surface area (Å²) in [7, 11) is 0. The molecule has 0 unspecified atom stereocenters. The van der Waals surface area contributed by atoms with E-state index in [-0.39, 0.29) is 5.97 Å². The summed E-state index contributed by atoms with van der Waals surface area (Å²) in [5.74, 6) is -0.348. The lowest BCUT2D eigenvalue weighted by Crippen LogP contribution is -2.02. The number of unbranched alkanes of at least 4 members (excludes halogenated alkanes) is 1. The maximum atomic E-state index is 11.0. The van der Waals surface area contributed by atoms with Crippen molar-refractivity contribution >= 4 is 17.3 Å². The highest BCUT2D eigenvalue weighted by Crippen LogP contribution is 2.28. The van der Waals surface area contributed by atoms with Crippen LogP contribution in [-0.4, -0.2) is 12.6 Å². The predicted octanol–water partition coefficient (Wildman–Crippen LogP) is 6.13. The van der Waals surface area contributed by atoms with Crippen LogP contribution < -0.4 is 0 Å². The Balaban J connectivity index is 1.52. The molecule has 132 valence electrons. The third kappa shape index (κ3) is 4.93. The Hall–Kier alpha value is -2.65. The normalized spacial score (nSPS) is 10.5. The van der Waals surface area contributed by atoms with Crippen molar-refractivity contribution in [3.63, 3.8) is 0 Å². The van der Waals surface area contributed by atoms with Crippen LogP contribution >= 0.6 is 11.3 Å². The van der Waals surface area contributed by atoms with E-state index in [4.69, 9.17) is 4.74 Å². The highest BCUT2D eigenvalue weighted by molar-refractivity contribution is 7.13. The lowest BCUT2D eigenvalue weighted by molar-refractivity contribution is -0.137. The first kappa shape index (κ1) is 18.2. The molecule has 0 bridgehead atoms. The summed E-state index contributed by atoms with van der Waals surface area (Å²) in [4.78, 5) is 12.3. The third-order valence-electron chi connectivity index (χ3n) is 4.25. The van der Waals surface area contributed by atoms with Crippen molar-refractivity contribution in [3.05, 3.63) is 84.3 Å². The van der Waals surface area contributed by atoms with Crippen LogP contribution in [0.3, 0.4) is 0 Å². The molecular formula is C23H22O2S. The number of hydrogen-bond donors (Lipinski definition) is 0. The van der Waals surface area contributed by atoms with E-state index in [9.17, 15) is 4.79 Å². The van der Waals surface area contributed by atoms with Crippen molar-refractivity contribution in [2.75, 3.05) is 6.61 Å². The molecule has 0 saturated heterocycles. The Morgan fingerprint density at radius 2 is 1.58 bits per heavy atom. The first-order chi connectivity index (χ1) is 12.8. The average Bonchev–Trinajstić information content (AvgIpc) is 3.23. The van der Waals surface area contributed by atoms with Gasteiger partial charge in [0, 0.05) is 11.0 Å². The molecule has 3 heteroatoms. The lowest BCUT2D eigenvalue weighted by atomic mass is 10.0. The Labute approximate surface area is 158 Å². The number of aryl methyl sites for hydroxylation is 1. The molecule has 3 rings (SSSR count). The average molecular weight is 362 g/mol. The minimum Gasteiger partial charge on any atom is -0.463 e. The maximum Gasteiger partial charge on any atom is 0.330 e. The number of esters is 1. The van der Waals surface area contributed by atoms with Gasteiger partial charge in [0.1, 0.15) is 0 Å². The second-order valence-corrected chi connectivity index (χ2v) is 7.03. The molecule has 0 aliphatic heterocycles. The smallest absolute Gasteiger partial charge is 0.330 e. The van der Waals surface area contributed by atoms with E-state index in [1.54, 1.807) is 11.3 Å². The second-order valence-electron chi connectivity index (χ2n) is 6.08. The standard InChI is InChI=1S/C23H22O2S/c1-2-23(24)25-16-4-3-6-18-8-10-19(11-9-18)20-12-14-21(15-13-20)22-7-5-17-26-22/h2,5,7-15,17H,1,3-4,6,16H2. The molecule has 1 heterocycles. The Bertz CT molecular complexity index is 831. The molecule has 0 saturated carbocycles. The summed E-state index contributed by atoms with van der Waals surface area (Å²) in [6.07, 6.45) is 4.06. The summed E-state index contributed by atoms with van der Waals surface area (Å²) in [6, 6.07) is 21.6. The second kappa shape index (κ2) is 9.16. The van der Waals surface area contributed by atoms with Crippen LogP contribution in [-0.2, 0) is 16.0 Å². The van der Waals surface area contributed by atoms with E-state index in [0.717, 1.165) is 19.3 Å². The molecule has 3 aromatic rings. The Kier molecular flexibility index (Phi) is 6.39. The number of carbonyl (C=O) groups excluding carboxylic acids is 1. The molecule has 2 nitrogen and oxygen atoms in total. The topological polar surface area (TPSA) is 26.3 Å². The van der Waals surface area contributed by atoms with Crippen LogP contribution in [0.2, 0.25) is 0 Å². The SMILES string of the molecule is C=CC(=O)OCCCCc1ccc(-c2ccc(-c3cccs3)cc2)cc1. The molecule has 2 aromatic carbocycles. The molecular weight excluding hydrogens is 340 g/mol. The van der Waals surface area contributed by atoms with Gasteiger partial charge in [0.25, 0.3) is 0 Å². The summed E-state index contributed by atoms with van der Waals surface area (Å²) in [5.41, 5.74) is 5.02. The van der Waals surface area contributed by atoms with Crippen molar-refractivity contribution in [1.82, 2.24) is 0 Å². The van der Waals surface area contributed by atoms with Gasteiger partial charge in [-0.15, -0.1) is 11.3 Å². The fourth-order valence-corrected chi connectivity index (χ4v) is 3.53. The van der Waals surface area contributed by atoms with Crippen molar-refractivity contribution in [2.24, 2.45) is 0 Å². The van der Waals surface area contributed by atoms with Gasteiger partial charge in [-0.2, -0.15) is 0 Å². The van der Waals surface area contributed by atoms with Crippen molar-refractivity contribution in [1.29, 1.82) is 0 Å². The molecule has 0 radical (unpaired) electrons. The van der Waals surface area contributed by atoms with Gasteiger partial charge < -0.3 is 4.74 Å². The van der Waals surface area contributed by atoms with E-state index in [2.05, 4.69) is 72.6 Å².